The molecule has 0 bridgehead atoms. The molecule has 19 heavy (non-hydrogen) atoms. The van der Waals surface area contributed by atoms with Crippen LogP contribution in [0.4, 0.5) is 0 Å². The molecule has 0 radical (unpaired) electrons. The second kappa shape index (κ2) is 5.15. The second-order valence-electron chi connectivity index (χ2n) is 4.20. The van der Waals surface area contributed by atoms with E-state index >= 15 is 0 Å². The molecule has 0 aliphatic carbocycles. The van der Waals surface area contributed by atoms with E-state index in [2.05, 4.69) is 21.2 Å². The Balaban J connectivity index is 1.58. The third-order valence-electron chi connectivity index (χ3n) is 2.82. The van der Waals surface area contributed by atoms with Crippen LogP contribution in [0.15, 0.2) is 23.3 Å². The third-order valence-corrected chi connectivity index (χ3v) is 2.82. The Kier molecular flexibility index (Phi) is 3.20. The predicted octanol–water partition coefficient (Wildman–Crippen LogP) is -0.268. The van der Waals surface area contributed by atoms with Crippen molar-refractivity contribution in [2.24, 2.45) is 5.10 Å². The lowest BCUT2D eigenvalue weighted by molar-refractivity contribution is -0.123. The van der Waals surface area contributed by atoms with Gasteiger partial charge in [-0.2, -0.15) is 5.10 Å². The summed E-state index contributed by atoms with van der Waals surface area (Å²) in [5, 5.41) is 9.88. The van der Waals surface area contributed by atoms with Crippen molar-refractivity contribution in [1.82, 2.24) is 16.1 Å². The minimum Gasteiger partial charge on any atom is -0.454 e. The quantitative estimate of drug-likeness (QED) is 0.516. The van der Waals surface area contributed by atoms with Crippen molar-refractivity contribution in [3.8, 4) is 11.5 Å². The van der Waals surface area contributed by atoms with E-state index in [1.165, 1.54) is 0 Å². The molecule has 1 fully saturated rings. The summed E-state index contributed by atoms with van der Waals surface area (Å²) in [5.74, 6) is 1.47. The van der Waals surface area contributed by atoms with Crippen LogP contribution in [0, 0.1) is 0 Å². The van der Waals surface area contributed by atoms with Gasteiger partial charge in [-0.15, -0.1) is 0 Å². The summed E-state index contributed by atoms with van der Waals surface area (Å²) >= 11 is 0. The fourth-order valence-corrected chi connectivity index (χ4v) is 1.87. The van der Waals surface area contributed by atoms with Gasteiger partial charge in [0.15, 0.2) is 17.8 Å². The number of hydrogen-bond acceptors (Lipinski definition) is 6. The number of benzene rings is 1. The van der Waals surface area contributed by atoms with Crippen molar-refractivity contribution in [3.05, 3.63) is 23.8 Å². The first-order chi connectivity index (χ1) is 9.31. The number of hydrazone groups is 1. The Hall–Kier alpha value is -2.28. The van der Waals surface area contributed by atoms with E-state index in [-0.39, 0.29) is 19.0 Å². The largest absolute Gasteiger partial charge is 0.454 e. The molecule has 7 heteroatoms. The number of ether oxygens (including phenoxy) is 2. The highest BCUT2D eigenvalue weighted by Crippen LogP contribution is 2.31. The van der Waals surface area contributed by atoms with Crippen LogP contribution in [0.1, 0.15) is 12.0 Å². The number of nitrogens with zero attached hydrogens (tertiary/aromatic N) is 1. The average molecular weight is 262 g/mol. The van der Waals surface area contributed by atoms with Gasteiger partial charge in [0.05, 0.1) is 6.21 Å². The van der Waals surface area contributed by atoms with Crippen LogP contribution < -0.4 is 25.5 Å². The van der Waals surface area contributed by atoms with Crippen molar-refractivity contribution in [2.45, 2.75) is 12.7 Å². The van der Waals surface area contributed by atoms with Gasteiger partial charge >= 0.3 is 0 Å². The molecule has 1 unspecified atom stereocenters. The van der Waals surface area contributed by atoms with Gasteiger partial charge < -0.3 is 14.8 Å². The number of rotatable bonds is 3. The Morgan fingerprint density at radius 1 is 1.37 bits per heavy atom. The molecule has 0 saturated carbocycles. The van der Waals surface area contributed by atoms with Crippen LogP contribution in [-0.2, 0) is 4.79 Å². The first kappa shape index (κ1) is 11.8. The van der Waals surface area contributed by atoms with E-state index < -0.39 is 0 Å². The van der Waals surface area contributed by atoms with Gasteiger partial charge in [-0.05, 0) is 23.8 Å². The van der Waals surface area contributed by atoms with E-state index in [0.29, 0.717) is 18.7 Å². The highest BCUT2D eigenvalue weighted by molar-refractivity contribution is 5.81. The van der Waals surface area contributed by atoms with E-state index in [1.54, 1.807) is 6.21 Å². The van der Waals surface area contributed by atoms with Gasteiger partial charge in [0, 0.05) is 13.0 Å². The lowest BCUT2D eigenvalue weighted by atomic mass is 10.2. The summed E-state index contributed by atoms with van der Waals surface area (Å²) in [5.41, 5.74) is 3.71. The van der Waals surface area contributed by atoms with Crippen molar-refractivity contribution < 1.29 is 14.3 Å². The zero-order valence-corrected chi connectivity index (χ0v) is 10.2. The van der Waals surface area contributed by atoms with Gasteiger partial charge in [0.25, 0.3) is 0 Å². The number of hydrogen-bond donors (Lipinski definition) is 3. The van der Waals surface area contributed by atoms with Crippen molar-refractivity contribution in [1.29, 1.82) is 0 Å². The molecule has 0 spiro atoms. The maximum absolute atomic E-state index is 11.2. The summed E-state index contributed by atoms with van der Waals surface area (Å²) in [6, 6.07) is 5.57. The van der Waals surface area contributed by atoms with Crippen LogP contribution in [0.3, 0.4) is 0 Å². The monoisotopic (exact) mass is 262 g/mol. The lowest BCUT2D eigenvalue weighted by Gasteiger charge is -2.23. The topological polar surface area (TPSA) is 84.0 Å². The van der Waals surface area contributed by atoms with E-state index in [9.17, 15) is 4.79 Å². The highest BCUT2D eigenvalue weighted by atomic mass is 16.7. The molecule has 2 aliphatic rings. The molecule has 3 rings (SSSR count). The molecular weight excluding hydrogens is 248 g/mol. The summed E-state index contributed by atoms with van der Waals surface area (Å²) in [6.45, 7) is 0.898. The second-order valence-corrected chi connectivity index (χ2v) is 4.20. The Morgan fingerprint density at radius 3 is 3.16 bits per heavy atom. The SMILES string of the molecule is O=C1CCNC(N/N=C/c2ccc3c(c2)OCO3)N1. The predicted molar refractivity (Wildman–Crippen MR) is 67.8 cm³/mol. The van der Waals surface area contributed by atoms with Crippen molar-refractivity contribution in [2.75, 3.05) is 13.3 Å². The number of carbonyl (C=O) groups is 1. The van der Waals surface area contributed by atoms with Gasteiger partial charge in [-0.1, -0.05) is 0 Å². The van der Waals surface area contributed by atoms with Gasteiger partial charge in [-0.25, -0.2) is 0 Å². The molecule has 1 aromatic carbocycles. The van der Waals surface area contributed by atoms with E-state index in [4.69, 9.17) is 9.47 Å². The average Bonchev–Trinajstić information content (AvgIpc) is 2.86. The van der Waals surface area contributed by atoms with Crippen LogP contribution in [0.2, 0.25) is 0 Å². The van der Waals surface area contributed by atoms with Crippen molar-refractivity contribution in [3.63, 3.8) is 0 Å². The molecule has 100 valence electrons. The van der Waals surface area contributed by atoms with Crippen LogP contribution in [-0.4, -0.2) is 31.7 Å². The molecule has 1 saturated heterocycles. The third kappa shape index (κ3) is 2.76. The van der Waals surface area contributed by atoms with E-state index in [1.807, 2.05) is 18.2 Å². The molecule has 1 amide bonds. The van der Waals surface area contributed by atoms with Crippen molar-refractivity contribution >= 4 is 12.1 Å². The fraction of sp³-hybridized carbons (Fsp3) is 0.333. The Morgan fingerprint density at radius 2 is 2.26 bits per heavy atom. The molecule has 1 aromatic rings. The van der Waals surface area contributed by atoms with Gasteiger partial charge in [-0.3, -0.25) is 15.5 Å². The zero-order valence-electron chi connectivity index (χ0n) is 10.2. The number of amides is 1. The lowest BCUT2D eigenvalue weighted by Crippen LogP contribution is -2.57. The normalized spacial score (nSPS) is 21.5. The Labute approximate surface area is 110 Å². The van der Waals surface area contributed by atoms with E-state index in [0.717, 1.165) is 11.3 Å². The molecule has 1 atom stereocenters. The van der Waals surface area contributed by atoms with Gasteiger partial charge in [0.2, 0.25) is 12.7 Å². The smallest absolute Gasteiger partial charge is 0.231 e. The summed E-state index contributed by atoms with van der Waals surface area (Å²) in [6.07, 6.45) is 1.82. The summed E-state index contributed by atoms with van der Waals surface area (Å²) in [4.78, 5) is 11.2. The molecule has 7 nitrogen and oxygen atoms in total. The van der Waals surface area contributed by atoms with Crippen LogP contribution in [0.25, 0.3) is 0 Å². The first-order valence-electron chi connectivity index (χ1n) is 6.02. The number of nitrogens with one attached hydrogen (secondary N) is 3. The molecule has 0 aromatic heterocycles. The maximum Gasteiger partial charge on any atom is 0.231 e. The summed E-state index contributed by atoms with van der Waals surface area (Å²) in [7, 11) is 0. The molecular formula is C12H14N4O3. The Bertz CT molecular complexity index is 518. The summed E-state index contributed by atoms with van der Waals surface area (Å²) < 4.78 is 10.5. The number of carbonyl (C=O) groups excluding carboxylic acids is 1. The fourth-order valence-electron chi connectivity index (χ4n) is 1.87. The highest BCUT2D eigenvalue weighted by Gasteiger charge is 2.15. The minimum atomic E-state index is -0.327. The number of fused-ring (bicyclic) bond motifs is 1. The first-order valence-corrected chi connectivity index (χ1v) is 6.02. The molecule has 2 heterocycles. The van der Waals surface area contributed by atoms with Crippen LogP contribution >= 0.6 is 0 Å². The van der Waals surface area contributed by atoms with Gasteiger partial charge in [0.1, 0.15) is 0 Å². The maximum atomic E-state index is 11.2. The molecule has 2 aliphatic heterocycles. The minimum absolute atomic E-state index is 0.00882. The standard InChI is InChI=1S/C12H14N4O3/c17-11-3-4-13-12(15-11)16-14-6-8-1-2-9-10(5-8)19-7-18-9/h1-2,5-6,12-13,16H,3-4,7H2,(H,15,17)/b14-6+. The zero-order chi connectivity index (χ0) is 13.1. The molecule has 3 N–H and O–H groups in total. The van der Waals surface area contributed by atoms with Crippen LogP contribution in [0.5, 0.6) is 11.5 Å².